The largest absolute Gasteiger partial charge is 0.464 e. The molecule has 4 heteroatoms. The SMILES string of the molecule is CCCCOC(=O)CNC(=O)C12CC3CC(CC(C3)C1)C2. The molecule has 4 saturated carbocycles. The quantitative estimate of drug-likeness (QED) is 0.605. The van der Waals surface area contributed by atoms with Crippen molar-refractivity contribution in [3.63, 3.8) is 0 Å². The summed E-state index contributed by atoms with van der Waals surface area (Å²) < 4.78 is 5.10. The zero-order chi connectivity index (χ0) is 14.9. The van der Waals surface area contributed by atoms with Gasteiger partial charge in [-0.1, -0.05) is 13.3 Å². The summed E-state index contributed by atoms with van der Waals surface area (Å²) in [5, 5.41) is 2.85. The molecule has 0 aliphatic heterocycles. The van der Waals surface area contributed by atoms with Gasteiger partial charge >= 0.3 is 5.97 Å². The van der Waals surface area contributed by atoms with Crippen LogP contribution in [0.1, 0.15) is 58.3 Å². The summed E-state index contributed by atoms with van der Waals surface area (Å²) in [7, 11) is 0. The summed E-state index contributed by atoms with van der Waals surface area (Å²) in [6.07, 6.45) is 8.98. The Balaban J connectivity index is 1.50. The standard InChI is InChI=1S/C17H27NO3/c1-2-3-4-21-15(19)11-18-16(20)17-8-12-5-13(9-17)7-14(6-12)10-17/h12-14H,2-11H2,1H3,(H,18,20). The molecular weight excluding hydrogens is 266 g/mol. The number of rotatable bonds is 6. The van der Waals surface area contributed by atoms with Crippen molar-refractivity contribution in [3.8, 4) is 0 Å². The molecule has 0 atom stereocenters. The van der Waals surface area contributed by atoms with Gasteiger partial charge in [-0.15, -0.1) is 0 Å². The molecule has 4 rings (SSSR count). The Morgan fingerprint density at radius 1 is 1.10 bits per heavy atom. The van der Waals surface area contributed by atoms with Crippen molar-refractivity contribution in [1.29, 1.82) is 0 Å². The molecule has 1 N–H and O–H groups in total. The van der Waals surface area contributed by atoms with Gasteiger partial charge in [0.05, 0.1) is 6.61 Å². The van der Waals surface area contributed by atoms with E-state index in [1.807, 2.05) is 0 Å². The second-order valence-corrected chi connectivity index (χ2v) is 7.45. The fourth-order valence-electron chi connectivity index (χ4n) is 5.11. The lowest BCUT2D eigenvalue weighted by Crippen LogP contribution is -2.54. The molecule has 4 bridgehead atoms. The minimum atomic E-state index is -0.304. The zero-order valence-electron chi connectivity index (χ0n) is 13.0. The van der Waals surface area contributed by atoms with Crippen LogP contribution in [0.15, 0.2) is 0 Å². The third kappa shape index (κ3) is 3.09. The molecule has 118 valence electrons. The Bertz CT molecular complexity index is 383. The van der Waals surface area contributed by atoms with Crippen LogP contribution in [-0.2, 0) is 14.3 Å². The van der Waals surface area contributed by atoms with Crippen molar-refractivity contribution in [2.45, 2.75) is 58.3 Å². The summed E-state index contributed by atoms with van der Waals surface area (Å²) in [6.45, 7) is 2.55. The average Bonchev–Trinajstić information content (AvgIpc) is 2.43. The lowest BCUT2D eigenvalue weighted by molar-refractivity contribution is -0.151. The summed E-state index contributed by atoms with van der Waals surface area (Å²) >= 11 is 0. The van der Waals surface area contributed by atoms with E-state index in [0.717, 1.165) is 49.9 Å². The number of hydrogen-bond donors (Lipinski definition) is 1. The minimum Gasteiger partial charge on any atom is -0.464 e. The Kier molecular flexibility index (Phi) is 4.23. The van der Waals surface area contributed by atoms with Gasteiger partial charge in [0.15, 0.2) is 0 Å². The van der Waals surface area contributed by atoms with Gasteiger partial charge < -0.3 is 10.1 Å². The number of hydrogen-bond acceptors (Lipinski definition) is 3. The summed E-state index contributed by atoms with van der Waals surface area (Å²) in [6, 6.07) is 0. The fourth-order valence-corrected chi connectivity index (χ4v) is 5.11. The van der Waals surface area contributed by atoms with E-state index in [-0.39, 0.29) is 23.8 Å². The smallest absolute Gasteiger partial charge is 0.325 e. The highest BCUT2D eigenvalue weighted by molar-refractivity contribution is 5.86. The van der Waals surface area contributed by atoms with E-state index in [2.05, 4.69) is 12.2 Å². The van der Waals surface area contributed by atoms with Crippen LogP contribution in [0.5, 0.6) is 0 Å². The van der Waals surface area contributed by atoms with Crippen molar-refractivity contribution in [2.24, 2.45) is 23.2 Å². The lowest BCUT2D eigenvalue weighted by Gasteiger charge is -2.55. The van der Waals surface area contributed by atoms with Crippen LogP contribution in [0.4, 0.5) is 0 Å². The van der Waals surface area contributed by atoms with Gasteiger partial charge in [-0.05, 0) is 62.7 Å². The Morgan fingerprint density at radius 3 is 2.19 bits per heavy atom. The molecule has 0 unspecified atom stereocenters. The van der Waals surface area contributed by atoms with Gasteiger partial charge in [0, 0.05) is 5.41 Å². The normalized spacial score (nSPS) is 36.5. The van der Waals surface area contributed by atoms with E-state index in [1.165, 1.54) is 19.3 Å². The van der Waals surface area contributed by atoms with E-state index in [0.29, 0.717) is 6.61 Å². The topological polar surface area (TPSA) is 55.4 Å². The van der Waals surface area contributed by atoms with Crippen molar-refractivity contribution < 1.29 is 14.3 Å². The molecule has 4 aliphatic rings. The van der Waals surface area contributed by atoms with E-state index in [4.69, 9.17) is 4.74 Å². The minimum absolute atomic E-state index is 0.0320. The van der Waals surface area contributed by atoms with Crippen molar-refractivity contribution in [1.82, 2.24) is 5.32 Å². The molecule has 0 aromatic rings. The maximum atomic E-state index is 12.6. The van der Waals surface area contributed by atoms with Gasteiger partial charge in [0.2, 0.25) is 5.91 Å². The molecule has 0 aromatic heterocycles. The van der Waals surface area contributed by atoms with Crippen LogP contribution in [0.2, 0.25) is 0 Å². The third-order valence-corrected chi connectivity index (χ3v) is 5.67. The Hall–Kier alpha value is -1.06. The molecule has 0 heterocycles. The van der Waals surface area contributed by atoms with Gasteiger partial charge in [-0.2, -0.15) is 0 Å². The van der Waals surface area contributed by atoms with Gasteiger partial charge in [-0.25, -0.2) is 0 Å². The number of esters is 1. The number of carbonyl (C=O) groups excluding carboxylic acids is 2. The number of unbranched alkanes of at least 4 members (excludes halogenated alkanes) is 1. The van der Waals surface area contributed by atoms with Crippen molar-refractivity contribution in [2.75, 3.05) is 13.2 Å². The average molecular weight is 293 g/mol. The monoisotopic (exact) mass is 293 g/mol. The molecule has 0 radical (unpaired) electrons. The van der Waals surface area contributed by atoms with E-state index in [1.54, 1.807) is 0 Å². The number of nitrogens with one attached hydrogen (secondary N) is 1. The molecule has 0 saturated heterocycles. The second kappa shape index (κ2) is 5.98. The van der Waals surface area contributed by atoms with Crippen molar-refractivity contribution >= 4 is 11.9 Å². The van der Waals surface area contributed by atoms with Gasteiger partial charge in [-0.3, -0.25) is 9.59 Å². The molecule has 1 amide bonds. The maximum Gasteiger partial charge on any atom is 0.325 e. The van der Waals surface area contributed by atoms with Crippen LogP contribution in [-0.4, -0.2) is 25.0 Å². The van der Waals surface area contributed by atoms with E-state index >= 15 is 0 Å². The molecular formula is C17H27NO3. The first kappa shape index (κ1) is 14.9. The van der Waals surface area contributed by atoms with E-state index < -0.39 is 0 Å². The van der Waals surface area contributed by atoms with Gasteiger partial charge in [0.1, 0.15) is 6.54 Å². The highest BCUT2D eigenvalue weighted by Crippen LogP contribution is 2.60. The Labute approximate surface area is 127 Å². The first-order chi connectivity index (χ1) is 10.1. The van der Waals surface area contributed by atoms with Crippen LogP contribution >= 0.6 is 0 Å². The summed E-state index contributed by atoms with van der Waals surface area (Å²) in [4.78, 5) is 24.2. The molecule has 4 nitrogen and oxygen atoms in total. The highest BCUT2D eigenvalue weighted by atomic mass is 16.5. The number of amides is 1. The molecule has 4 aliphatic carbocycles. The second-order valence-electron chi connectivity index (χ2n) is 7.45. The predicted molar refractivity (Wildman–Crippen MR) is 79.5 cm³/mol. The molecule has 0 aromatic carbocycles. The summed E-state index contributed by atoms with van der Waals surface area (Å²) in [5.41, 5.74) is -0.168. The third-order valence-electron chi connectivity index (χ3n) is 5.67. The fraction of sp³-hybridized carbons (Fsp3) is 0.882. The lowest BCUT2D eigenvalue weighted by atomic mass is 9.49. The Morgan fingerprint density at radius 2 is 1.67 bits per heavy atom. The molecule has 4 fully saturated rings. The van der Waals surface area contributed by atoms with Crippen molar-refractivity contribution in [3.05, 3.63) is 0 Å². The van der Waals surface area contributed by atoms with Gasteiger partial charge in [0.25, 0.3) is 0 Å². The van der Waals surface area contributed by atoms with Crippen LogP contribution < -0.4 is 5.32 Å². The first-order valence-electron chi connectivity index (χ1n) is 8.55. The molecule has 21 heavy (non-hydrogen) atoms. The highest BCUT2D eigenvalue weighted by Gasteiger charge is 2.54. The predicted octanol–water partition coefficient (Wildman–Crippen LogP) is 2.66. The maximum absolute atomic E-state index is 12.6. The van der Waals surface area contributed by atoms with Crippen LogP contribution in [0.25, 0.3) is 0 Å². The molecule has 0 spiro atoms. The number of carbonyl (C=O) groups is 2. The first-order valence-corrected chi connectivity index (χ1v) is 8.55. The zero-order valence-corrected chi connectivity index (χ0v) is 13.0. The van der Waals surface area contributed by atoms with E-state index in [9.17, 15) is 9.59 Å². The summed E-state index contributed by atoms with van der Waals surface area (Å²) in [5.74, 6) is 2.05. The number of ether oxygens (including phenoxy) is 1. The van der Waals surface area contributed by atoms with Crippen LogP contribution in [0, 0.1) is 23.2 Å². The van der Waals surface area contributed by atoms with Crippen LogP contribution in [0.3, 0.4) is 0 Å².